The molecule has 0 atom stereocenters. The minimum Gasteiger partial charge on any atom is -0.465 e. The number of nitrogens with zero attached hydrogens (tertiary/aromatic N) is 2. The first-order valence-electron chi connectivity index (χ1n) is 3.70. The van der Waals surface area contributed by atoms with Crippen LogP contribution >= 0.6 is 0 Å². The SMILES string of the molecule is CCOC(=O)CN(N=N)C(=N)C(F)F. The molecule has 0 spiro atoms. The van der Waals surface area contributed by atoms with Gasteiger partial charge >= 0.3 is 5.97 Å². The highest BCUT2D eigenvalue weighted by molar-refractivity contribution is 5.85. The van der Waals surface area contributed by atoms with Crippen LogP contribution in [0.5, 0.6) is 0 Å². The molecule has 0 aliphatic heterocycles. The van der Waals surface area contributed by atoms with Crippen LogP contribution in [0.2, 0.25) is 0 Å². The molecule has 0 bridgehead atoms. The second-order valence-electron chi connectivity index (χ2n) is 2.15. The van der Waals surface area contributed by atoms with E-state index in [1.807, 2.05) is 0 Å². The molecule has 0 fully saturated rings. The molecule has 0 aromatic heterocycles. The average molecular weight is 208 g/mol. The zero-order chi connectivity index (χ0) is 11.1. The van der Waals surface area contributed by atoms with Crippen LogP contribution in [0.15, 0.2) is 5.22 Å². The van der Waals surface area contributed by atoms with Crippen molar-refractivity contribution in [2.24, 2.45) is 5.22 Å². The summed E-state index contributed by atoms with van der Waals surface area (Å²) in [5.41, 5.74) is 6.48. The molecule has 0 aromatic rings. The van der Waals surface area contributed by atoms with Crippen molar-refractivity contribution >= 4 is 11.8 Å². The Bertz CT molecular complexity index is 234. The zero-order valence-electron chi connectivity index (χ0n) is 7.46. The average Bonchev–Trinajstić information content (AvgIpc) is 2.13. The Kier molecular flexibility index (Phi) is 5.27. The van der Waals surface area contributed by atoms with Gasteiger partial charge in [0.05, 0.1) is 6.61 Å². The minimum atomic E-state index is -3.07. The third-order valence-corrected chi connectivity index (χ3v) is 1.19. The molecular weight excluding hydrogens is 198 g/mol. The first kappa shape index (κ1) is 12.4. The second-order valence-corrected chi connectivity index (χ2v) is 2.15. The van der Waals surface area contributed by atoms with E-state index in [1.54, 1.807) is 6.92 Å². The first-order chi connectivity index (χ1) is 6.52. The van der Waals surface area contributed by atoms with Gasteiger partial charge in [0.25, 0.3) is 6.43 Å². The number of hydrogen-bond acceptors (Lipinski definition) is 5. The standard InChI is InChI=1S/C6H10F2N4O2/c1-2-14-4(13)3-12(11-10)6(9)5(7)8/h5,9-10H,2-3H2,1H3. The van der Waals surface area contributed by atoms with E-state index in [4.69, 9.17) is 10.9 Å². The largest absolute Gasteiger partial charge is 0.465 e. The zero-order valence-corrected chi connectivity index (χ0v) is 7.46. The lowest BCUT2D eigenvalue weighted by Crippen LogP contribution is -2.35. The normalized spacial score (nSPS) is 9.71. The van der Waals surface area contributed by atoms with Crippen LogP contribution in [0, 0.1) is 10.9 Å². The van der Waals surface area contributed by atoms with Gasteiger partial charge in [-0.15, -0.1) is 0 Å². The minimum absolute atomic E-state index is 0.104. The first-order valence-corrected chi connectivity index (χ1v) is 3.70. The maximum atomic E-state index is 11.9. The number of amidine groups is 1. The number of nitrogens with one attached hydrogen (secondary N) is 2. The number of ether oxygens (including phenoxy) is 1. The third-order valence-electron chi connectivity index (χ3n) is 1.19. The van der Waals surface area contributed by atoms with E-state index in [9.17, 15) is 13.6 Å². The van der Waals surface area contributed by atoms with Crippen LogP contribution in [0.25, 0.3) is 0 Å². The maximum absolute atomic E-state index is 11.9. The van der Waals surface area contributed by atoms with E-state index in [0.29, 0.717) is 0 Å². The highest BCUT2D eigenvalue weighted by atomic mass is 19.3. The fourth-order valence-electron chi connectivity index (χ4n) is 0.616. The van der Waals surface area contributed by atoms with Crippen LogP contribution in [0.3, 0.4) is 0 Å². The lowest BCUT2D eigenvalue weighted by atomic mass is 10.5. The van der Waals surface area contributed by atoms with Gasteiger partial charge in [-0.2, -0.15) is 5.53 Å². The van der Waals surface area contributed by atoms with Crippen molar-refractivity contribution < 1.29 is 18.3 Å². The van der Waals surface area contributed by atoms with Gasteiger partial charge < -0.3 is 4.74 Å². The van der Waals surface area contributed by atoms with E-state index in [2.05, 4.69) is 9.96 Å². The molecule has 0 unspecified atom stereocenters. The smallest absolute Gasteiger partial charge is 0.327 e. The number of alkyl halides is 2. The van der Waals surface area contributed by atoms with Crippen LogP contribution in [-0.4, -0.2) is 36.4 Å². The fraction of sp³-hybridized carbons (Fsp3) is 0.667. The third kappa shape index (κ3) is 3.87. The van der Waals surface area contributed by atoms with Crippen molar-refractivity contribution in [3.63, 3.8) is 0 Å². The van der Waals surface area contributed by atoms with Gasteiger partial charge in [-0.05, 0) is 6.92 Å². The molecule has 2 N–H and O–H groups in total. The van der Waals surface area contributed by atoms with Crippen molar-refractivity contribution in [3.8, 4) is 0 Å². The van der Waals surface area contributed by atoms with E-state index in [0.717, 1.165) is 0 Å². The lowest BCUT2D eigenvalue weighted by molar-refractivity contribution is -0.143. The predicted octanol–water partition coefficient (Wildman–Crippen LogP) is 1.04. The molecule has 0 saturated carbocycles. The Balaban J connectivity index is 4.22. The molecule has 0 saturated heterocycles. The Morgan fingerprint density at radius 3 is 2.57 bits per heavy atom. The molecule has 80 valence electrons. The van der Waals surface area contributed by atoms with Gasteiger partial charge in [-0.3, -0.25) is 10.2 Å². The summed E-state index contributed by atoms with van der Waals surface area (Å²) in [6.45, 7) is 1.01. The Morgan fingerprint density at radius 2 is 2.21 bits per heavy atom. The molecule has 0 aromatic carbocycles. The van der Waals surface area contributed by atoms with Crippen LogP contribution in [-0.2, 0) is 9.53 Å². The van der Waals surface area contributed by atoms with Gasteiger partial charge in [-0.1, -0.05) is 5.22 Å². The molecule has 14 heavy (non-hydrogen) atoms. The van der Waals surface area contributed by atoms with Crippen LogP contribution in [0.1, 0.15) is 6.92 Å². The summed E-state index contributed by atoms with van der Waals surface area (Å²) in [7, 11) is 0. The van der Waals surface area contributed by atoms with Gasteiger partial charge in [0.1, 0.15) is 6.54 Å². The van der Waals surface area contributed by atoms with Crippen molar-refractivity contribution in [2.75, 3.05) is 13.2 Å². The highest BCUT2D eigenvalue weighted by Gasteiger charge is 2.21. The highest BCUT2D eigenvalue weighted by Crippen LogP contribution is 2.02. The molecule has 6 nitrogen and oxygen atoms in total. The number of esters is 1. The van der Waals surface area contributed by atoms with Crippen LogP contribution in [0.4, 0.5) is 8.78 Å². The summed E-state index contributed by atoms with van der Waals surface area (Å²) < 4.78 is 28.3. The van der Waals surface area contributed by atoms with Gasteiger partial charge in [0.2, 0.25) is 0 Å². The number of halogens is 2. The summed E-state index contributed by atoms with van der Waals surface area (Å²) in [5, 5.41) is 9.66. The predicted molar refractivity (Wildman–Crippen MR) is 42.2 cm³/mol. The number of carbonyl (C=O) groups excluding carboxylic acids is 1. The summed E-state index contributed by atoms with van der Waals surface area (Å²) in [4.78, 5) is 10.8. The topological polar surface area (TPSA) is 89.6 Å². The van der Waals surface area contributed by atoms with Gasteiger partial charge in [0, 0.05) is 0 Å². The molecule has 0 aliphatic rings. The molecule has 0 rings (SSSR count). The Morgan fingerprint density at radius 1 is 1.64 bits per heavy atom. The van der Waals surface area contributed by atoms with Crippen molar-refractivity contribution in [2.45, 2.75) is 13.3 Å². The second kappa shape index (κ2) is 5.95. The van der Waals surface area contributed by atoms with Crippen molar-refractivity contribution in [1.82, 2.24) is 5.01 Å². The molecule has 0 aliphatic carbocycles. The van der Waals surface area contributed by atoms with Crippen molar-refractivity contribution in [1.29, 1.82) is 10.9 Å². The Labute approximate surface area is 78.8 Å². The lowest BCUT2D eigenvalue weighted by Gasteiger charge is -2.15. The van der Waals surface area contributed by atoms with Crippen LogP contribution < -0.4 is 0 Å². The summed E-state index contributed by atoms with van der Waals surface area (Å²) in [5.74, 6) is -2.01. The monoisotopic (exact) mass is 208 g/mol. The van der Waals surface area contributed by atoms with Gasteiger partial charge in [-0.25, -0.2) is 13.8 Å². The molecule has 0 radical (unpaired) electrons. The number of carbonyl (C=O) groups is 1. The summed E-state index contributed by atoms with van der Waals surface area (Å²) in [6, 6.07) is 0. The molecular formula is C6H10F2N4O2. The number of rotatable bonds is 5. The fourth-order valence-corrected chi connectivity index (χ4v) is 0.616. The van der Waals surface area contributed by atoms with Gasteiger partial charge in [0.15, 0.2) is 5.84 Å². The van der Waals surface area contributed by atoms with Crippen molar-refractivity contribution in [3.05, 3.63) is 0 Å². The van der Waals surface area contributed by atoms with E-state index in [1.165, 1.54) is 0 Å². The maximum Gasteiger partial charge on any atom is 0.327 e. The van der Waals surface area contributed by atoms with E-state index >= 15 is 0 Å². The number of hydrogen-bond donors (Lipinski definition) is 2. The summed E-state index contributed by atoms with van der Waals surface area (Å²) in [6.07, 6.45) is -3.07. The molecule has 8 heteroatoms. The van der Waals surface area contributed by atoms with E-state index < -0.39 is 24.8 Å². The quantitative estimate of drug-likeness (QED) is 0.232. The molecule has 0 heterocycles. The Hall–Kier alpha value is -1.60. The van der Waals surface area contributed by atoms with E-state index in [-0.39, 0.29) is 11.6 Å². The molecule has 0 amide bonds. The summed E-state index contributed by atoms with van der Waals surface area (Å²) >= 11 is 0.